The number of rotatable bonds is 6. The number of guanidine groups is 1. The van der Waals surface area contributed by atoms with E-state index in [-0.39, 0.29) is 23.8 Å². The molecule has 1 rings (SSSR count). The molecule has 0 aromatic carbocycles. The standard InChI is InChI=1S/C10H20N6O2/c11-7(2-1-3-14-10(12)13)9(18)16-6-4-8(17)15-5-6/h6-7H,1-5,11H2,(H,15,17)(H,16,18)(H4,12,13,14). The van der Waals surface area contributed by atoms with E-state index < -0.39 is 6.04 Å². The van der Waals surface area contributed by atoms with Crippen LogP contribution >= 0.6 is 0 Å². The molecule has 8 nitrogen and oxygen atoms in total. The fourth-order valence-electron chi connectivity index (χ4n) is 1.67. The molecule has 18 heavy (non-hydrogen) atoms. The summed E-state index contributed by atoms with van der Waals surface area (Å²) >= 11 is 0. The summed E-state index contributed by atoms with van der Waals surface area (Å²) in [5, 5.41) is 5.36. The van der Waals surface area contributed by atoms with Crippen LogP contribution in [0.25, 0.3) is 0 Å². The Balaban J connectivity index is 2.20. The van der Waals surface area contributed by atoms with Crippen molar-refractivity contribution >= 4 is 17.8 Å². The zero-order chi connectivity index (χ0) is 13.5. The zero-order valence-electron chi connectivity index (χ0n) is 10.2. The smallest absolute Gasteiger partial charge is 0.237 e. The number of nitrogens with one attached hydrogen (secondary N) is 2. The van der Waals surface area contributed by atoms with Crippen LogP contribution in [0, 0.1) is 0 Å². The van der Waals surface area contributed by atoms with Gasteiger partial charge in [-0.2, -0.15) is 0 Å². The van der Waals surface area contributed by atoms with Crippen molar-refractivity contribution in [2.24, 2.45) is 22.2 Å². The van der Waals surface area contributed by atoms with Gasteiger partial charge in [-0.1, -0.05) is 0 Å². The highest BCUT2D eigenvalue weighted by molar-refractivity contribution is 5.84. The molecule has 2 amide bonds. The zero-order valence-corrected chi connectivity index (χ0v) is 10.2. The van der Waals surface area contributed by atoms with Crippen molar-refractivity contribution in [1.82, 2.24) is 10.6 Å². The quantitative estimate of drug-likeness (QED) is 0.200. The SMILES string of the molecule is NC(N)=NCCCC(N)C(=O)NC1CNC(=O)C1. The average molecular weight is 256 g/mol. The van der Waals surface area contributed by atoms with E-state index in [1.807, 2.05) is 0 Å². The normalized spacial score (nSPS) is 20.1. The van der Waals surface area contributed by atoms with Gasteiger partial charge in [-0.3, -0.25) is 14.6 Å². The highest BCUT2D eigenvalue weighted by Crippen LogP contribution is 2.01. The summed E-state index contributed by atoms with van der Waals surface area (Å²) in [5.41, 5.74) is 16.1. The number of hydrogen-bond acceptors (Lipinski definition) is 4. The van der Waals surface area contributed by atoms with E-state index in [1.54, 1.807) is 0 Å². The van der Waals surface area contributed by atoms with Crippen molar-refractivity contribution < 1.29 is 9.59 Å². The summed E-state index contributed by atoms with van der Waals surface area (Å²) in [6.45, 7) is 0.915. The van der Waals surface area contributed by atoms with Crippen molar-refractivity contribution in [1.29, 1.82) is 0 Å². The van der Waals surface area contributed by atoms with E-state index in [4.69, 9.17) is 17.2 Å². The Labute approximate surface area is 105 Å². The molecule has 1 fully saturated rings. The van der Waals surface area contributed by atoms with Crippen molar-refractivity contribution in [3.63, 3.8) is 0 Å². The Morgan fingerprint density at radius 1 is 1.56 bits per heavy atom. The molecule has 0 bridgehead atoms. The molecular formula is C10H20N6O2. The third kappa shape index (κ3) is 5.00. The Bertz CT molecular complexity index is 339. The van der Waals surface area contributed by atoms with Crippen LogP contribution in [0.1, 0.15) is 19.3 Å². The highest BCUT2D eigenvalue weighted by Gasteiger charge is 2.24. The van der Waals surface area contributed by atoms with Crippen LogP contribution in [-0.2, 0) is 9.59 Å². The van der Waals surface area contributed by atoms with Gasteiger partial charge in [-0.25, -0.2) is 0 Å². The number of nitrogens with zero attached hydrogens (tertiary/aromatic N) is 1. The minimum Gasteiger partial charge on any atom is -0.370 e. The Hall–Kier alpha value is -1.83. The molecule has 2 atom stereocenters. The molecule has 0 aromatic rings. The first-order valence-electron chi connectivity index (χ1n) is 5.87. The van der Waals surface area contributed by atoms with Crippen LogP contribution in [0.15, 0.2) is 4.99 Å². The molecule has 1 heterocycles. The fraction of sp³-hybridized carbons (Fsp3) is 0.700. The minimum atomic E-state index is -0.602. The van der Waals surface area contributed by atoms with E-state index in [0.717, 1.165) is 0 Å². The fourth-order valence-corrected chi connectivity index (χ4v) is 1.67. The van der Waals surface area contributed by atoms with Gasteiger partial charge in [-0.05, 0) is 12.8 Å². The molecule has 0 saturated carbocycles. The first kappa shape index (κ1) is 14.2. The summed E-state index contributed by atoms with van der Waals surface area (Å²) < 4.78 is 0. The van der Waals surface area contributed by atoms with E-state index >= 15 is 0 Å². The predicted molar refractivity (Wildman–Crippen MR) is 67.4 cm³/mol. The molecule has 1 aliphatic rings. The lowest BCUT2D eigenvalue weighted by molar-refractivity contribution is -0.123. The second kappa shape index (κ2) is 6.80. The Morgan fingerprint density at radius 3 is 2.83 bits per heavy atom. The number of aliphatic imine (C=N–C) groups is 1. The lowest BCUT2D eigenvalue weighted by atomic mass is 10.1. The Morgan fingerprint density at radius 2 is 2.28 bits per heavy atom. The van der Waals surface area contributed by atoms with Crippen LogP contribution in [0.4, 0.5) is 0 Å². The molecular weight excluding hydrogens is 236 g/mol. The van der Waals surface area contributed by atoms with Gasteiger partial charge < -0.3 is 27.8 Å². The number of nitrogens with two attached hydrogens (primary N) is 3. The largest absolute Gasteiger partial charge is 0.370 e. The molecule has 0 radical (unpaired) electrons. The molecule has 0 aliphatic carbocycles. The summed E-state index contributed by atoms with van der Waals surface area (Å²) in [6.07, 6.45) is 1.44. The number of hydrogen-bond donors (Lipinski definition) is 5. The highest BCUT2D eigenvalue weighted by atomic mass is 16.2. The molecule has 8 heteroatoms. The molecule has 102 valence electrons. The number of carbonyl (C=O) groups is 2. The van der Waals surface area contributed by atoms with E-state index in [2.05, 4.69) is 15.6 Å². The molecule has 0 spiro atoms. The topological polar surface area (TPSA) is 149 Å². The van der Waals surface area contributed by atoms with Crippen LogP contribution in [0.5, 0.6) is 0 Å². The van der Waals surface area contributed by atoms with Gasteiger partial charge in [0.1, 0.15) is 0 Å². The lowest BCUT2D eigenvalue weighted by Crippen LogP contribution is -2.46. The van der Waals surface area contributed by atoms with Crippen LogP contribution in [0.2, 0.25) is 0 Å². The number of amides is 2. The summed E-state index contributed by atoms with van der Waals surface area (Å²) in [6, 6.07) is -0.761. The molecule has 2 unspecified atom stereocenters. The van der Waals surface area contributed by atoms with Gasteiger partial charge in [0.05, 0.1) is 12.1 Å². The van der Waals surface area contributed by atoms with E-state index in [0.29, 0.717) is 32.4 Å². The first-order valence-corrected chi connectivity index (χ1v) is 5.87. The maximum Gasteiger partial charge on any atom is 0.237 e. The number of carbonyl (C=O) groups excluding carboxylic acids is 2. The van der Waals surface area contributed by atoms with Crippen molar-refractivity contribution in [3.05, 3.63) is 0 Å². The van der Waals surface area contributed by atoms with E-state index in [1.165, 1.54) is 0 Å². The van der Waals surface area contributed by atoms with Gasteiger partial charge in [0, 0.05) is 19.5 Å². The summed E-state index contributed by atoms with van der Waals surface area (Å²) in [5.74, 6) is -0.272. The summed E-state index contributed by atoms with van der Waals surface area (Å²) in [4.78, 5) is 26.4. The predicted octanol–water partition coefficient (Wildman–Crippen LogP) is -2.63. The maximum atomic E-state index is 11.7. The van der Waals surface area contributed by atoms with E-state index in [9.17, 15) is 9.59 Å². The van der Waals surface area contributed by atoms with Gasteiger partial charge in [-0.15, -0.1) is 0 Å². The monoisotopic (exact) mass is 256 g/mol. The molecule has 1 aliphatic heterocycles. The maximum absolute atomic E-state index is 11.7. The lowest BCUT2D eigenvalue weighted by Gasteiger charge is -2.15. The van der Waals surface area contributed by atoms with Crippen LogP contribution < -0.4 is 27.8 Å². The third-order valence-electron chi connectivity index (χ3n) is 2.63. The van der Waals surface area contributed by atoms with Crippen molar-refractivity contribution in [2.45, 2.75) is 31.3 Å². The van der Waals surface area contributed by atoms with Gasteiger partial charge in [0.25, 0.3) is 0 Å². The molecule has 0 aromatic heterocycles. The minimum absolute atomic E-state index is 0.0311. The van der Waals surface area contributed by atoms with Gasteiger partial charge in [0.15, 0.2) is 5.96 Å². The summed E-state index contributed by atoms with van der Waals surface area (Å²) in [7, 11) is 0. The van der Waals surface area contributed by atoms with Gasteiger partial charge >= 0.3 is 0 Å². The Kier molecular flexibility index (Phi) is 5.37. The molecule has 8 N–H and O–H groups in total. The first-order chi connectivity index (χ1) is 8.49. The van der Waals surface area contributed by atoms with Crippen molar-refractivity contribution in [2.75, 3.05) is 13.1 Å². The second-order valence-corrected chi connectivity index (χ2v) is 4.27. The van der Waals surface area contributed by atoms with Crippen molar-refractivity contribution in [3.8, 4) is 0 Å². The third-order valence-corrected chi connectivity index (χ3v) is 2.63. The second-order valence-electron chi connectivity index (χ2n) is 4.27. The van der Waals surface area contributed by atoms with Gasteiger partial charge in [0.2, 0.25) is 11.8 Å². The average Bonchev–Trinajstić information content (AvgIpc) is 2.69. The van der Waals surface area contributed by atoms with Crippen LogP contribution in [-0.4, -0.2) is 42.9 Å². The van der Waals surface area contributed by atoms with Crippen LogP contribution in [0.3, 0.4) is 0 Å². The molecule has 1 saturated heterocycles.